The van der Waals surface area contributed by atoms with Gasteiger partial charge in [0, 0.05) is 6.04 Å². The topological polar surface area (TPSA) is 46.9 Å². The van der Waals surface area contributed by atoms with Crippen LogP contribution in [0.5, 0.6) is 0 Å². The molecule has 2 aromatic rings. The summed E-state index contributed by atoms with van der Waals surface area (Å²) in [5, 5.41) is 6.70. The van der Waals surface area contributed by atoms with Crippen molar-refractivity contribution < 1.29 is 18.0 Å². The summed E-state index contributed by atoms with van der Waals surface area (Å²) in [6, 6.07) is 6.42. The van der Waals surface area contributed by atoms with E-state index in [1.165, 1.54) is 12.8 Å². The Balaban J connectivity index is 1.60. The lowest BCUT2D eigenvalue weighted by Gasteiger charge is -2.28. The molecule has 150 valence electrons. The molecule has 1 N–H and O–H groups in total. The molecule has 1 heterocycles. The van der Waals surface area contributed by atoms with E-state index in [1.54, 1.807) is 24.3 Å². The van der Waals surface area contributed by atoms with Gasteiger partial charge < -0.3 is 5.32 Å². The van der Waals surface area contributed by atoms with E-state index in [0.29, 0.717) is 17.8 Å². The second-order valence-electron chi connectivity index (χ2n) is 8.25. The van der Waals surface area contributed by atoms with Crippen molar-refractivity contribution >= 4 is 5.91 Å². The zero-order chi connectivity index (χ0) is 20.1. The lowest BCUT2D eigenvalue weighted by molar-refractivity contribution is -0.143. The highest BCUT2D eigenvalue weighted by Crippen LogP contribution is 2.49. The first-order valence-electron chi connectivity index (χ1n) is 9.77. The first-order valence-corrected chi connectivity index (χ1v) is 9.77. The van der Waals surface area contributed by atoms with Crippen LogP contribution < -0.4 is 5.32 Å². The molecular weight excluding hydrogens is 367 g/mol. The van der Waals surface area contributed by atoms with Crippen LogP contribution in [0.15, 0.2) is 30.5 Å². The highest BCUT2D eigenvalue weighted by molar-refractivity contribution is 5.95. The third-order valence-electron chi connectivity index (χ3n) is 6.35. The summed E-state index contributed by atoms with van der Waals surface area (Å²) >= 11 is 0. The van der Waals surface area contributed by atoms with Crippen molar-refractivity contribution in [1.29, 1.82) is 0 Å². The molecule has 1 aromatic heterocycles. The Labute approximate surface area is 162 Å². The van der Waals surface area contributed by atoms with Gasteiger partial charge in [0.1, 0.15) is 0 Å². The van der Waals surface area contributed by atoms with Crippen LogP contribution >= 0.6 is 0 Å². The second-order valence-corrected chi connectivity index (χ2v) is 8.25. The van der Waals surface area contributed by atoms with Crippen LogP contribution in [0.1, 0.15) is 54.2 Å². The maximum Gasteiger partial charge on any atom is 0.434 e. The smallest absolute Gasteiger partial charge is 0.349 e. The van der Waals surface area contributed by atoms with Gasteiger partial charge in [0.05, 0.1) is 17.4 Å². The summed E-state index contributed by atoms with van der Waals surface area (Å²) < 4.78 is 42.2. The summed E-state index contributed by atoms with van der Waals surface area (Å²) in [7, 11) is 0. The predicted octanol–water partition coefficient (Wildman–Crippen LogP) is 4.75. The Morgan fingerprint density at radius 1 is 1.21 bits per heavy atom. The fourth-order valence-corrected chi connectivity index (χ4v) is 4.97. The van der Waals surface area contributed by atoms with Gasteiger partial charge in [-0.1, -0.05) is 24.1 Å². The number of benzene rings is 1. The Morgan fingerprint density at radius 3 is 2.50 bits per heavy atom. The van der Waals surface area contributed by atoms with Crippen LogP contribution in [-0.2, 0) is 6.18 Å². The molecule has 0 spiro atoms. The van der Waals surface area contributed by atoms with Gasteiger partial charge in [0.15, 0.2) is 5.69 Å². The number of carbonyl (C=O) groups is 1. The van der Waals surface area contributed by atoms with Crippen molar-refractivity contribution in [2.75, 3.05) is 0 Å². The number of hydrogen-bond donors (Lipinski definition) is 1. The molecular formula is C21H24F3N3O. The Bertz CT molecular complexity index is 872. The number of aryl methyl sites for hydroxylation is 1. The van der Waals surface area contributed by atoms with Gasteiger partial charge in [-0.3, -0.25) is 4.79 Å². The summed E-state index contributed by atoms with van der Waals surface area (Å²) in [6.45, 7) is 3.76. The number of nitrogens with zero attached hydrogens (tertiary/aromatic N) is 2. The van der Waals surface area contributed by atoms with Crippen molar-refractivity contribution in [3.05, 3.63) is 47.3 Å². The van der Waals surface area contributed by atoms with Crippen molar-refractivity contribution in [2.24, 2.45) is 17.8 Å². The van der Waals surface area contributed by atoms with Crippen LogP contribution in [0.25, 0.3) is 5.69 Å². The van der Waals surface area contributed by atoms with Gasteiger partial charge in [0.25, 0.3) is 5.91 Å². The highest BCUT2D eigenvalue weighted by atomic mass is 19.4. The molecule has 1 aromatic carbocycles. The van der Waals surface area contributed by atoms with Crippen molar-refractivity contribution in [3.8, 4) is 5.69 Å². The zero-order valence-electron chi connectivity index (χ0n) is 16.0. The molecule has 28 heavy (non-hydrogen) atoms. The Hall–Kier alpha value is -2.31. The molecule has 2 aliphatic rings. The number of nitrogens with one attached hydrogen (secondary N) is 1. The average molecular weight is 391 g/mol. The van der Waals surface area contributed by atoms with Crippen LogP contribution in [0, 0.1) is 24.7 Å². The van der Waals surface area contributed by atoms with Gasteiger partial charge in [-0.25, -0.2) is 4.68 Å². The van der Waals surface area contributed by atoms with E-state index in [2.05, 4.69) is 10.4 Å². The number of halogens is 3. The summed E-state index contributed by atoms with van der Waals surface area (Å²) in [5.74, 6) is 0.937. The zero-order valence-corrected chi connectivity index (χ0v) is 16.0. The maximum atomic E-state index is 13.8. The van der Waals surface area contributed by atoms with E-state index in [9.17, 15) is 18.0 Å². The molecule has 7 heteroatoms. The number of amides is 1. The maximum absolute atomic E-state index is 13.8. The molecule has 4 atom stereocenters. The number of carbonyl (C=O) groups excluding carboxylic acids is 1. The van der Waals surface area contributed by atoms with Crippen LogP contribution in [-0.4, -0.2) is 21.7 Å². The fourth-order valence-electron chi connectivity index (χ4n) is 4.97. The standard InChI is InChI=1S/C21H24F3N3O/c1-12-3-7-16(8-4-12)27-19(21(22,23)24)18(11-25-27)20(28)26-13(2)17-10-14-5-6-15(17)9-14/h3-4,7-8,11,13-15,17H,5-6,9-10H2,1-2H3,(H,26,28). The van der Waals surface area contributed by atoms with Crippen molar-refractivity contribution in [1.82, 2.24) is 15.1 Å². The van der Waals surface area contributed by atoms with E-state index in [0.717, 1.165) is 29.3 Å². The lowest BCUT2D eigenvalue weighted by atomic mass is 9.84. The minimum Gasteiger partial charge on any atom is -0.349 e. The molecule has 0 saturated heterocycles. The quantitative estimate of drug-likeness (QED) is 0.817. The number of aromatic nitrogens is 2. The molecule has 2 aliphatic carbocycles. The number of rotatable bonds is 4. The van der Waals surface area contributed by atoms with Crippen LogP contribution in [0.4, 0.5) is 13.2 Å². The first kappa shape index (κ1) is 19.0. The molecule has 2 saturated carbocycles. The van der Waals surface area contributed by atoms with E-state index in [4.69, 9.17) is 0 Å². The number of alkyl halides is 3. The van der Waals surface area contributed by atoms with Crippen molar-refractivity contribution in [2.45, 2.75) is 51.7 Å². The molecule has 4 nitrogen and oxygen atoms in total. The Kier molecular flexibility index (Phi) is 4.71. The summed E-state index contributed by atoms with van der Waals surface area (Å²) in [5.41, 5.74) is -0.252. The van der Waals surface area contributed by atoms with E-state index in [-0.39, 0.29) is 11.7 Å². The van der Waals surface area contributed by atoms with Gasteiger partial charge in [-0.2, -0.15) is 18.3 Å². The molecule has 4 rings (SSSR count). The minimum atomic E-state index is -4.69. The van der Waals surface area contributed by atoms with E-state index >= 15 is 0 Å². The fraction of sp³-hybridized carbons (Fsp3) is 0.524. The molecule has 0 aliphatic heterocycles. The number of fused-ring (bicyclic) bond motifs is 2. The second kappa shape index (κ2) is 6.94. The highest BCUT2D eigenvalue weighted by Gasteiger charge is 2.44. The predicted molar refractivity (Wildman–Crippen MR) is 99.2 cm³/mol. The van der Waals surface area contributed by atoms with Gasteiger partial charge in [-0.05, 0) is 63.0 Å². The summed E-state index contributed by atoms with van der Waals surface area (Å²) in [4.78, 5) is 12.7. The van der Waals surface area contributed by atoms with Gasteiger partial charge in [-0.15, -0.1) is 0 Å². The monoisotopic (exact) mass is 391 g/mol. The SMILES string of the molecule is Cc1ccc(-n2ncc(C(=O)NC(C)C3CC4CCC3C4)c2C(F)(F)F)cc1. The lowest BCUT2D eigenvalue weighted by Crippen LogP contribution is -2.40. The molecule has 0 radical (unpaired) electrons. The average Bonchev–Trinajstić information content (AvgIpc) is 3.36. The van der Waals surface area contributed by atoms with E-state index < -0.39 is 23.3 Å². The third-order valence-corrected chi connectivity index (χ3v) is 6.35. The normalized spacial score (nSPS) is 25.1. The van der Waals surface area contributed by atoms with Crippen LogP contribution in [0.3, 0.4) is 0 Å². The van der Waals surface area contributed by atoms with E-state index in [1.807, 2.05) is 13.8 Å². The molecule has 4 unspecified atom stereocenters. The number of hydrogen-bond acceptors (Lipinski definition) is 2. The third kappa shape index (κ3) is 3.42. The van der Waals surface area contributed by atoms with Crippen LogP contribution in [0.2, 0.25) is 0 Å². The van der Waals surface area contributed by atoms with Crippen molar-refractivity contribution in [3.63, 3.8) is 0 Å². The minimum absolute atomic E-state index is 0.147. The largest absolute Gasteiger partial charge is 0.434 e. The summed E-state index contributed by atoms with van der Waals surface area (Å²) in [6.07, 6.45) is 0.970. The molecule has 2 fully saturated rings. The first-order chi connectivity index (χ1) is 13.2. The van der Waals surface area contributed by atoms with Gasteiger partial charge >= 0.3 is 6.18 Å². The molecule has 1 amide bonds. The van der Waals surface area contributed by atoms with Gasteiger partial charge in [0.2, 0.25) is 0 Å². The Morgan fingerprint density at radius 2 is 1.93 bits per heavy atom. The molecule has 2 bridgehead atoms.